The molecule has 1 aliphatic rings. The second kappa shape index (κ2) is 5.22. The summed E-state index contributed by atoms with van der Waals surface area (Å²) in [5.74, 6) is 0.431. The number of amides is 1. The molecular weight excluding hydrogens is 259 g/mol. The molecule has 1 N–H and O–H groups in total. The Labute approximate surface area is 109 Å². The molecule has 19 heavy (non-hydrogen) atoms. The van der Waals surface area contributed by atoms with Crippen LogP contribution in [-0.4, -0.2) is 27.7 Å². The van der Waals surface area contributed by atoms with Crippen LogP contribution < -0.4 is 5.32 Å². The molecule has 0 unspecified atom stereocenters. The maximum atomic E-state index is 12.0. The van der Waals surface area contributed by atoms with Gasteiger partial charge in [-0.25, -0.2) is 4.98 Å². The first-order chi connectivity index (χ1) is 8.83. The topological polar surface area (TPSA) is 46.9 Å². The average molecular weight is 275 g/mol. The number of aromatic nitrogens is 2. The summed E-state index contributed by atoms with van der Waals surface area (Å²) in [6.07, 6.45) is -2.51. The maximum absolute atomic E-state index is 12.0. The van der Waals surface area contributed by atoms with E-state index in [1.807, 2.05) is 17.7 Å². The van der Waals surface area contributed by atoms with E-state index in [0.29, 0.717) is 13.0 Å². The summed E-state index contributed by atoms with van der Waals surface area (Å²) in [6.45, 7) is 2.47. The quantitative estimate of drug-likeness (QED) is 0.916. The standard InChI is InChI=1S/C12H16F3N3O/c1-8-6-18-7-9(2-3-10(18)16-8)17-11(19)4-5-12(13,14)15/h6,9H,2-5,7H2,1H3,(H,17,19)/t9-/m1/s1. The van der Waals surface area contributed by atoms with Gasteiger partial charge in [0.05, 0.1) is 12.1 Å². The number of aryl methyl sites for hydroxylation is 2. The van der Waals surface area contributed by atoms with Crippen molar-refractivity contribution < 1.29 is 18.0 Å². The van der Waals surface area contributed by atoms with Crippen LogP contribution in [0.5, 0.6) is 0 Å². The lowest BCUT2D eigenvalue weighted by Crippen LogP contribution is -2.41. The van der Waals surface area contributed by atoms with E-state index in [-0.39, 0.29) is 6.04 Å². The van der Waals surface area contributed by atoms with Crippen LogP contribution in [0.4, 0.5) is 13.2 Å². The highest BCUT2D eigenvalue weighted by Gasteiger charge is 2.29. The molecular formula is C12H16F3N3O. The molecule has 1 atom stereocenters. The van der Waals surface area contributed by atoms with Gasteiger partial charge in [-0.2, -0.15) is 13.2 Å². The van der Waals surface area contributed by atoms with E-state index in [4.69, 9.17) is 0 Å². The molecule has 1 aromatic rings. The van der Waals surface area contributed by atoms with Crippen LogP contribution in [0.2, 0.25) is 0 Å². The van der Waals surface area contributed by atoms with Crippen molar-refractivity contribution in [1.29, 1.82) is 0 Å². The van der Waals surface area contributed by atoms with Gasteiger partial charge < -0.3 is 9.88 Å². The highest BCUT2D eigenvalue weighted by atomic mass is 19.4. The Balaban J connectivity index is 1.83. The zero-order valence-electron chi connectivity index (χ0n) is 10.6. The number of nitrogens with zero attached hydrogens (tertiary/aromatic N) is 2. The number of hydrogen-bond donors (Lipinski definition) is 1. The summed E-state index contributed by atoms with van der Waals surface area (Å²) < 4.78 is 38.0. The number of rotatable bonds is 3. The molecule has 1 amide bonds. The molecule has 0 saturated heterocycles. The van der Waals surface area contributed by atoms with Crippen LogP contribution in [-0.2, 0) is 17.8 Å². The predicted molar refractivity (Wildman–Crippen MR) is 62.5 cm³/mol. The van der Waals surface area contributed by atoms with E-state index in [0.717, 1.165) is 17.9 Å². The van der Waals surface area contributed by atoms with Gasteiger partial charge >= 0.3 is 6.18 Å². The van der Waals surface area contributed by atoms with Crippen molar-refractivity contribution in [3.05, 3.63) is 17.7 Å². The summed E-state index contributed by atoms with van der Waals surface area (Å²) in [6, 6.07) is -0.109. The monoisotopic (exact) mass is 275 g/mol. The minimum Gasteiger partial charge on any atom is -0.352 e. The molecule has 0 fully saturated rings. The fourth-order valence-electron chi connectivity index (χ4n) is 2.26. The number of carbonyl (C=O) groups is 1. The Morgan fingerprint density at radius 1 is 1.58 bits per heavy atom. The van der Waals surface area contributed by atoms with Crippen molar-refractivity contribution in [1.82, 2.24) is 14.9 Å². The van der Waals surface area contributed by atoms with Gasteiger partial charge in [0.1, 0.15) is 5.82 Å². The average Bonchev–Trinajstić information content (AvgIpc) is 2.65. The number of nitrogens with one attached hydrogen (secondary N) is 1. The van der Waals surface area contributed by atoms with Gasteiger partial charge in [0.25, 0.3) is 0 Å². The molecule has 106 valence electrons. The molecule has 2 heterocycles. The smallest absolute Gasteiger partial charge is 0.352 e. The molecule has 0 bridgehead atoms. The molecule has 1 aromatic heterocycles. The molecule has 0 aromatic carbocycles. The molecule has 7 heteroatoms. The van der Waals surface area contributed by atoms with Crippen LogP contribution in [0.3, 0.4) is 0 Å². The first-order valence-corrected chi connectivity index (χ1v) is 6.22. The molecule has 4 nitrogen and oxygen atoms in total. The van der Waals surface area contributed by atoms with Gasteiger partial charge in [0, 0.05) is 31.6 Å². The molecule has 1 aliphatic heterocycles. The van der Waals surface area contributed by atoms with Crippen LogP contribution in [0.1, 0.15) is 30.8 Å². The van der Waals surface area contributed by atoms with Crippen molar-refractivity contribution in [3.63, 3.8) is 0 Å². The van der Waals surface area contributed by atoms with E-state index >= 15 is 0 Å². The van der Waals surface area contributed by atoms with Crippen LogP contribution >= 0.6 is 0 Å². The van der Waals surface area contributed by atoms with Crippen LogP contribution in [0.25, 0.3) is 0 Å². The predicted octanol–water partition coefficient (Wildman–Crippen LogP) is 1.97. The maximum Gasteiger partial charge on any atom is 0.389 e. The molecule has 0 radical (unpaired) electrons. The second-order valence-electron chi connectivity index (χ2n) is 4.87. The second-order valence-corrected chi connectivity index (χ2v) is 4.87. The Kier molecular flexibility index (Phi) is 3.82. The molecule has 0 saturated carbocycles. The Hall–Kier alpha value is -1.53. The Morgan fingerprint density at radius 3 is 3.00 bits per heavy atom. The molecule has 0 spiro atoms. The summed E-state index contributed by atoms with van der Waals surface area (Å²) >= 11 is 0. The fraction of sp³-hybridized carbons (Fsp3) is 0.667. The summed E-state index contributed by atoms with van der Waals surface area (Å²) in [5, 5.41) is 2.65. The summed E-state index contributed by atoms with van der Waals surface area (Å²) in [7, 11) is 0. The lowest BCUT2D eigenvalue weighted by atomic mass is 10.1. The van der Waals surface area contributed by atoms with Crippen molar-refractivity contribution in [2.24, 2.45) is 0 Å². The van der Waals surface area contributed by atoms with Gasteiger partial charge in [0.15, 0.2) is 0 Å². The third-order valence-corrected chi connectivity index (χ3v) is 3.11. The van der Waals surface area contributed by atoms with E-state index in [2.05, 4.69) is 10.3 Å². The number of fused-ring (bicyclic) bond motifs is 1. The lowest BCUT2D eigenvalue weighted by Gasteiger charge is -2.24. The van der Waals surface area contributed by atoms with Crippen LogP contribution in [0, 0.1) is 6.92 Å². The van der Waals surface area contributed by atoms with Gasteiger partial charge in [-0.15, -0.1) is 0 Å². The van der Waals surface area contributed by atoms with E-state index in [9.17, 15) is 18.0 Å². The van der Waals surface area contributed by atoms with E-state index < -0.39 is 24.9 Å². The van der Waals surface area contributed by atoms with E-state index in [1.54, 1.807) is 0 Å². The fourth-order valence-corrected chi connectivity index (χ4v) is 2.26. The first kappa shape index (κ1) is 13.9. The third kappa shape index (κ3) is 3.97. The largest absolute Gasteiger partial charge is 0.389 e. The molecule has 0 aliphatic carbocycles. The minimum absolute atomic E-state index is 0.109. The van der Waals surface area contributed by atoms with Crippen molar-refractivity contribution in [3.8, 4) is 0 Å². The normalized spacial score (nSPS) is 19.1. The number of carbonyl (C=O) groups excluding carboxylic acids is 1. The summed E-state index contributed by atoms with van der Waals surface area (Å²) in [4.78, 5) is 15.8. The van der Waals surface area contributed by atoms with Crippen molar-refractivity contribution in [2.75, 3.05) is 0 Å². The van der Waals surface area contributed by atoms with Crippen LogP contribution in [0.15, 0.2) is 6.20 Å². The highest BCUT2D eigenvalue weighted by Crippen LogP contribution is 2.21. The third-order valence-electron chi connectivity index (χ3n) is 3.11. The van der Waals surface area contributed by atoms with Crippen molar-refractivity contribution >= 4 is 5.91 Å². The highest BCUT2D eigenvalue weighted by molar-refractivity contribution is 5.76. The van der Waals surface area contributed by atoms with Gasteiger partial charge in [-0.05, 0) is 13.3 Å². The van der Waals surface area contributed by atoms with Gasteiger partial charge in [-0.1, -0.05) is 0 Å². The number of alkyl halides is 3. The lowest BCUT2D eigenvalue weighted by molar-refractivity contribution is -0.144. The number of imidazole rings is 1. The van der Waals surface area contributed by atoms with Gasteiger partial charge in [0.2, 0.25) is 5.91 Å². The zero-order valence-corrected chi connectivity index (χ0v) is 10.6. The first-order valence-electron chi connectivity index (χ1n) is 6.22. The number of hydrogen-bond acceptors (Lipinski definition) is 2. The zero-order chi connectivity index (χ0) is 14.0. The minimum atomic E-state index is -4.28. The SMILES string of the molecule is Cc1cn2c(n1)CC[C@@H](NC(=O)CCC(F)(F)F)C2. The van der Waals surface area contributed by atoms with E-state index in [1.165, 1.54) is 0 Å². The van der Waals surface area contributed by atoms with Crippen molar-refractivity contribution in [2.45, 2.75) is 51.4 Å². The summed E-state index contributed by atoms with van der Waals surface area (Å²) in [5.41, 5.74) is 0.916. The van der Waals surface area contributed by atoms with Gasteiger partial charge in [-0.3, -0.25) is 4.79 Å². The Bertz CT molecular complexity index is 467. The Morgan fingerprint density at radius 2 is 2.32 bits per heavy atom. The number of halogens is 3. The molecule has 2 rings (SSSR count).